The first-order valence-corrected chi connectivity index (χ1v) is 13.4. The van der Waals surface area contributed by atoms with Gasteiger partial charge in [0, 0.05) is 18.1 Å². The molecular formula is C28H32N2O6S. The zero-order chi connectivity index (χ0) is 26.8. The highest BCUT2D eigenvalue weighted by atomic mass is 32.2. The molecule has 0 saturated heterocycles. The third-order valence-corrected chi connectivity index (χ3v) is 8.01. The number of carbonyl (C=O) groups is 1. The number of sulfonamides is 1. The molecule has 1 unspecified atom stereocenters. The number of amides is 1. The molecule has 37 heavy (non-hydrogen) atoms. The molecule has 1 N–H and O–H groups in total. The molecule has 1 aliphatic rings. The molecule has 4 rings (SSSR count). The van der Waals surface area contributed by atoms with Crippen molar-refractivity contribution in [2.75, 3.05) is 25.1 Å². The van der Waals surface area contributed by atoms with Crippen LogP contribution in [0.5, 0.6) is 17.2 Å². The number of anilines is 1. The van der Waals surface area contributed by atoms with Gasteiger partial charge in [-0.05, 0) is 56.7 Å². The second-order valence-corrected chi connectivity index (χ2v) is 11.5. The maximum absolute atomic E-state index is 13.8. The number of carbonyl (C=O) groups excluding carboxylic acids is 1. The molecule has 0 radical (unpaired) electrons. The first kappa shape index (κ1) is 26.3. The van der Waals surface area contributed by atoms with Gasteiger partial charge < -0.3 is 19.5 Å². The standard InChI is InChI=1S/C28H32N2O6S/c1-19-11-13-22-23(17-28(2,3)36-25(22)15-19)29-27(31)18-30(20-9-7-6-8-10-20)37(32,33)21-12-14-24(34-4)26(16-21)35-5/h6-16,23H,17-18H2,1-5H3,(H,29,31). The Balaban J connectivity index is 1.66. The van der Waals surface area contributed by atoms with Gasteiger partial charge in [0.15, 0.2) is 11.5 Å². The van der Waals surface area contributed by atoms with Crippen LogP contribution in [0.3, 0.4) is 0 Å². The summed E-state index contributed by atoms with van der Waals surface area (Å²) in [6, 6.07) is 18.4. The Bertz CT molecular complexity index is 1390. The lowest BCUT2D eigenvalue weighted by molar-refractivity contribution is -0.120. The zero-order valence-electron chi connectivity index (χ0n) is 21.6. The van der Waals surface area contributed by atoms with Crippen molar-refractivity contribution in [3.8, 4) is 17.2 Å². The van der Waals surface area contributed by atoms with Crippen LogP contribution in [0.15, 0.2) is 71.6 Å². The summed E-state index contributed by atoms with van der Waals surface area (Å²) in [4.78, 5) is 13.4. The van der Waals surface area contributed by atoms with Gasteiger partial charge in [-0.1, -0.05) is 30.3 Å². The molecule has 1 aliphatic heterocycles. The lowest BCUT2D eigenvalue weighted by Crippen LogP contribution is -2.45. The van der Waals surface area contributed by atoms with Crippen molar-refractivity contribution in [2.45, 2.75) is 43.7 Å². The topological polar surface area (TPSA) is 94.2 Å². The van der Waals surface area contributed by atoms with Gasteiger partial charge in [-0.2, -0.15) is 0 Å². The van der Waals surface area contributed by atoms with Crippen LogP contribution in [-0.2, 0) is 14.8 Å². The number of benzene rings is 3. The third-order valence-electron chi connectivity index (χ3n) is 6.24. The molecular weight excluding hydrogens is 492 g/mol. The van der Waals surface area contributed by atoms with E-state index < -0.39 is 28.1 Å². The second-order valence-electron chi connectivity index (χ2n) is 9.59. The Hall–Kier alpha value is -3.72. The van der Waals surface area contributed by atoms with E-state index in [1.165, 1.54) is 32.4 Å². The number of aryl methyl sites for hydroxylation is 1. The predicted molar refractivity (Wildman–Crippen MR) is 142 cm³/mol. The van der Waals surface area contributed by atoms with Gasteiger partial charge >= 0.3 is 0 Å². The quantitative estimate of drug-likeness (QED) is 0.462. The summed E-state index contributed by atoms with van der Waals surface area (Å²) < 4.78 is 45.4. The monoisotopic (exact) mass is 524 g/mol. The van der Waals surface area contributed by atoms with Crippen molar-refractivity contribution in [2.24, 2.45) is 0 Å². The SMILES string of the molecule is COc1ccc(S(=O)(=O)N(CC(=O)NC2CC(C)(C)Oc3cc(C)ccc32)c2ccccc2)cc1OC. The number of hydrogen-bond donors (Lipinski definition) is 1. The van der Waals surface area contributed by atoms with E-state index in [9.17, 15) is 13.2 Å². The number of ether oxygens (including phenoxy) is 3. The van der Waals surface area contributed by atoms with Gasteiger partial charge in [0.1, 0.15) is 17.9 Å². The van der Waals surface area contributed by atoms with Crippen molar-refractivity contribution in [1.82, 2.24) is 5.32 Å². The maximum atomic E-state index is 13.8. The summed E-state index contributed by atoms with van der Waals surface area (Å²) >= 11 is 0. The van der Waals surface area contributed by atoms with Crippen LogP contribution in [0.1, 0.15) is 37.4 Å². The fourth-order valence-electron chi connectivity index (χ4n) is 4.47. The van der Waals surface area contributed by atoms with E-state index in [1.807, 2.05) is 39.0 Å². The van der Waals surface area contributed by atoms with Crippen molar-refractivity contribution in [3.05, 3.63) is 77.9 Å². The molecule has 0 aliphatic carbocycles. The minimum absolute atomic E-state index is 0.0187. The molecule has 0 spiro atoms. The molecule has 8 nitrogen and oxygen atoms in total. The Morgan fingerprint density at radius 1 is 1.03 bits per heavy atom. The molecule has 1 heterocycles. The summed E-state index contributed by atoms with van der Waals surface area (Å²) in [5.41, 5.74) is 1.80. The molecule has 1 amide bonds. The molecule has 0 fully saturated rings. The number of rotatable bonds is 8. The highest BCUT2D eigenvalue weighted by molar-refractivity contribution is 7.92. The maximum Gasteiger partial charge on any atom is 0.264 e. The van der Waals surface area contributed by atoms with Gasteiger partial charge in [-0.15, -0.1) is 0 Å². The minimum Gasteiger partial charge on any atom is -0.493 e. The Morgan fingerprint density at radius 3 is 2.41 bits per heavy atom. The molecule has 0 aromatic heterocycles. The van der Waals surface area contributed by atoms with E-state index in [0.29, 0.717) is 17.9 Å². The molecule has 0 saturated carbocycles. The minimum atomic E-state index is -4.12. The van der Waals surface area contributed by atoms with E-state index >= 15 is 0 Å². The second kappa shape index (κ2) is 10.3. The van der Waals surface area contributed by atoms with Crippen LogP contribution in [0.25, 0.3) is 0 Å². The summed E-state index contributed by atoms with van der Waals surface area (Å²) in [5.74, 6) is 0.973. The van der Waals surface area contributed by atoms with E-state index in [1.54, 1.807) is 30.3 Å². The van der Waals surface area contributed by atoms with Crippen LogP contribution in [0.2, 0.25) is 0 Å². The summed E-state index contributed by atoms with van der Waals surface area (Å²) in [6.45, 7) is 5.51. The average molecular weight is 525 g/mol. The lowest BCUT2D eigenvalue weighted by atomic mass is 9.89. The Morgan fingerprint density at radius 2 is 1.73 bits per heavy atom. The van der Waals surface area contributed by atoms with Crippen LogP contribution in [0, 0.1) is 6.92 Å². The number of hydrogen-bond acceptors (Lipinski definition) is 6. The largest absolute Gasteiger partial charge is 0.493 e. The van der Waals surface area contributed by atoms with Gasteiger partial charge in [0.2, 0.25) is 5.91 Å². The van der Waals surface area contributed by atoms with Crippen LogP contribution in [-0.4, -0.2) is 40.7 Å². The van der Waals surface area contributed by atoms with Gasteiger partial charge in [-0.25, -0.2) is 8.42 Å². The van der Waals surface area contributed by atoms with Crippen LogP contribution < -0.4 is 23.8 Å². The van der Waals surface area contributed by atoms with Gasteiger partial charge in [0.25, 0.3) is 10.0 Å². The number of nitrogens with zero attached hydrogens (tertiary/aromatic N) is 1. The fourth-order valence-corrected chi connectivity index (χ4v) is 5.91. The number of nitrogens with one attached hydrogen (secondary N) is 1. The lowest BCUT2D eigenvalue weighted by Gasteiger charge is -2.38. The van der Waals surface area contributed by atoms with Crippen LogP contribution in [0.4, 0.5) is 5.69 Å². The average Bonchev–Trinajstić information content (AvgIpc) is 2.86. The van der Waals surface area contributed by atoms with Crippen LogP contribution >= 0.6 is 0 Å². The normalized spacial score (nSPS) is 16.2. The number of fused-ring (bicyclic) bond motifs is 1. The fraction of sp³-hybridized carbons (Fsp3) is 0.321. The predicted octanol–water partition coefficient (Wildman–Crippen LogP) is 4.63. The van der Waals surface area contributed by atoms with E-state index in [2.05, 4.69) is 5.32 Å². The van der Waals surface area contributed by atoms with E-state index in [-0.39, 0.29) is 16.7 Å². The van der Waals surface area contributed by atoms with Crippen molar-refractivity contribution in [3.63, 3.8) is 0 Å². The Kier molecular flexibility index (Phi) is 7.36. The zero-order valence-corrected chi connectivity index (χ0v) is 22.5. The molecule has 0 bridgehead atoms. The highest BCUT2D eigenvalue weighted by Gasteiger charge is 2.36. The van der Waals surface area contributed by atoms with Gasteiger partial charge in [0.05, 0.1) is 30.8 Å². The first-order valence-electron chi connectivity index (χ1n) is 11.9. The molecule has 9 heteroatoms. The molecule has 3 aromatic rings. The van der Waals surface area contributed by atoms with Crippen molar-refractivity contribution >= 4 is 21.6 Å². The summed E-state index contributed by atoms with van der Waals surface area (Å²) in [6.07, 6.45) is 0.544. The van der Waals surface area contributed by atoms with E-state index in [0.717, 1.165) is 21.2 Å². The number of methoxy groups -OCH3 is 2. The third kappa shape index (κ3) is 5.67. The van der Waals surface area contributed by atoms with Crippen molar-refractivity contribution < 1.29 is 27.4 Å². The van der Waals surface area contributed by atoms with E-state index in [4.69, 9.17) is 14.2 Å². The first-order chi connectivity index (χ1) is 17.5. The summed E-state index contributed by atoms with van der Waals surface area (Å²) in [7, 11) is -1.21. The molecule has 3 aromatic carbocycles. The number of para-hydroxylation sites is 1. The van der Waals surface area contributed by atoms with Gasteiger partial charge in [-0.3, -0.25) is 9.10 Å². The van der Waals surface area contributed by atoms with Crippen molar-refractivity contribution in [1.29, 1.82) is 0 Å². The molecule has 196 valence electrons. The molecule has 1 atom stereocenters. The smallest absolute Gasteiger partial charge is 0.264 e. The highest BCUT2D eigenvalue weighted by Crippen LogP contribution is 2.40. The Labute approximate surface area is 218 Å². The summed E-state index contributed by atoms with van der Waals surface area (Å²) in [5, 5.41) is 3.05.